The van der Waals surface area contributed by atoms with Gasteiger partial charge in [-0.2, -0.15) is 4.31 Å². The third kappa shape index (κ3) is 4.63. The van der Waals surface area contributed by atoms with Gasteiger partial charge in [0.2, 0.25) is 10.0 Å². The van der Waals surface area contributed by atoms with Crippen LogP contribution in [0.1, 0.15) is 28.8 Å². The maximum atomic E-state index is 13.0. The summed E-state index contributed by atoms with van der Waals surface area (Å²) >= 11 is 7.04. The van der Waals surface area contributed by atoms with Crippen LogP contribution in [0.25, 0.3) is 11.0 Å². The van der Waals surface area contributed by atoms with Crippen LogP contribution in [-0.4, -0.2) is 54.5 Å². The van der Waals surface area contributed by atoms with E-state index < -0.39 is 16.0 Å². The minimum atomic E-state index is -3.62. The first kappa shape index (κ1) is 22.2. The molecule has 31 heavy (non-hydrogen) atoms. The Hall–Kier alpha value is -1.98. The van der Waals surface area contributed by atoms with E-state index in [0.717, 1.165) is 23.3 Å². The fraction of sp³-hybridized carbons (Fsp3) is 0.400. The van der Waals surface area contributed by atoms with Gasteiger partial charge in [-0.05, 0) is 36.8 Å². The molecule has 3 aromatic rings. The SMILES string of the molecule is CCCn1c(COC(=O)c2ccc(Cl)s2)nc2cc(S(=O)(=O)N3CCOCC3)ccc21. The van der Waals surface area contributed by atoms with Crippen LogP contribution >= 0.6 is 22.9 Å². The molecule has 8 nitrogen and oxygen atoms in total. The molecule has 4 rings (SSSR count). The Bertz CT molecular complexity index is 1200. The molecular formula is C20H22ClN3O5S2. The van der Waals surface area contributed by atoms with Crippen LogP contribution in [0.15, 0.2) is 35.2 Å². The van der Waals surface area contributed by atoms with Crippen molar-refractivity contribution in [3.05, 3.63) is 45.4 Å². The van der Waals surface area contributed by atoms with E-state index in [-0.39, 0.29) is 11.5 Å². The van der Waals surface area contributed by atoms with Crippen molar-refractivity contribution < 1.29 is 22.7 Å². The molecule has 0 N–H and O–H groups in total. The Balaban J connectivity index is 1.61. The molecular weight excluding hydrogens is 462 g/mol. The van der Waals surface area contributed by atoms with Gasteiger partial charge in [0, 0.05) is 19.6 Å². The number of sulfonamides is 1. The van der Waals surface area contributed by atoms with Crippen LogP contribution in [0.5, 0.6) is 0 Å². The van der Waals surface area contributed by atoms with Crippen molar-refractivity contribution in [1.29, 1.82) is 0 Å². The molecule has 3 heterocycles. The summed E-state index contributed by atoms with van der Waals surface area (Å²) in [5.41, 5.74) is 1.35. The van der Waals surface area contributed by atoms with Gasteiger partial charge in [0.15, 0.2) is 0 Å². The first-order valence-corrected chi connectivity index (χ1v) is 12.5. The van der Waals surface area contributed by atoms with Crippen molar-refractivity contribution in [1.82, 2.24) is 13.9 Å². The summed E-state index contributed by atoms with van der Waals surface area (Å²) in [5.74, 6) is 0.0939. The van der Waals surface area contributed by atoms with E-state index in [2.05, 4.69) is 4.98 Å². The Labute approximate surface area is 189 Å². The molecule has 1 saturated heterocycles. The number of thiophene rings is 1. The Morgan fingerprint density at radius 2 is 2.03 bits per heavy atom. The standard InChI is InChI=1S/C20H22ClN3O5S2/c1-2-7-24-16-4-3-14(31(26,27)23-8-10-28-11-9-23)12-15(16)22-19(24)13-29-20(25)17-5-6-18(21)30-17/h3-6,12H,2,7-11,13H2,1H3. The lowest BCUT2D eigenvalue weighted by molar-refractivity contribution is 0.0464. The predicted molar refractivity (Wildman–Crippen MR) is 118 cm³/mol. The largest absolute Gasteiger partial charge is 0.453 e. The molecule has 0 saturated carbocycles. The quantitative estimate of drug-likeness (QED) is 0.477. The lowest BCUT2D eigenvalue weighted by atomic mass is 10.3. The van der Waals surface area contributed by atoms with Gasteiger partial charge in [0.05, 0.1) is 33.5 Å². The molecule has 0 unspecified atom stereocenters. The van der Waals surface area contributed by atoms with Crippen molar-refractivity contribution in [2.24, 2.45) is 0 Å². The average Bonchev–Trinajstić information content (AvgIpc) is 3.36. The molecule has 166 valence electrons. The molecule has 2 aromatic heterocycles. The minimum absolute atomic E-state index is 0.0193. The highest BCUT2D eigenvalue weighted by Gasteiger charge is 2.27. The van der Waals surface area contributed by atoms with Crippen LogP contribution in [0.2, 0.25) is 4.34 Å². The molecule has 1 aliphatic heterocycles. The molecule has 0 spiro atoms. The van der Waals surface area contributed by atoms with Gasteiger partial charge in [-0.25, -0.2) is 18.2 Å². The van der Waals surface area contributed by atoms with Crippen molar-refractivity contribution in [3.8, 4) is 0 Å². The fourth-order valence-electron chi connectivity index (χ4n) is 3.46. The topological polar surface area (TPSA) is 90.7 Å². The molecule has 0 aliphatic carbocycles. The smallest absolute Gasteiger partial charge is 0.348 e. The Morgan fingerprint density at radius 3 is 2.71 bits per heavy atom. The van der Waals surface area contributed by atoms with E-state index in [1.165, 1.54) is 4.31 Å². The summed E-state index contributed by atoms with van der Waals surface area (Å²) in [6.45, 7) is 4.12. The molecule has 1 fully saturated rings. The third-order valence-corrected chi connectivity index (χ3v) is 8.07. The summed E-state index contributed by atoms with van der Waals surface area (Å²) in [6, 6.07) is 8.20. The van der Waals surface area contributed by atoms with Gasteiger partial charge in [-0.15, -0.1) is 11.3 Å². The van der Waals surface area contributed by atoms with Crippen molar-refractivity contribution in [2.45, 2.75) is 31.4 Å². The third-order valence-electron chi connectivity index (χ3n) is 4.96. The summed E-state index contributed by atoms with van der Waals surface area (Å²) in [6.07, 6.45) is 0.848. The first-order chi connectivity index (χ1) is 14.9. The van der Waals surface area contributed by atoms with E-state index in [1.807, 2.05) is 11.5 Å². The highest BCUT2D eigenvalue weighted by molar-refractivity contribution is 7.89. The second kappa shape index (κ2) is 9.25. The number of benzene rings is 1. The number of carbonyl (C=O) groups excluding carboxylic acids is 1. The van der Waals surface area contributed by atoms with Crippen LogP contribution in [-0.2, 0) is 32.6 Å². The average molecular weight is 484 g/mol. The van der Waals surface area contributed by atoms with Crippen LogP contribution in [0, 0.1) is 0 Å². The molecule has 0 radical (unpaired) electrons. The van der Waals surface area contributed by atoms with Crippen LogP contribution < -0.4 is 0 Å². The van der Waals surface area contributed by atoms with E-state index in [1.54, 1.807) is 30.3 Å². The first-order valence-electron chi connectivity index (χ1n) is 9.89. The van der Waals surface area contributed by atoms with E-state index in [4.69, 9.17) is 21.1 Å². The molecule has 11 heteroatoms. The molecule has 1 aromatic carbocycles. The number of hydrogen-bond donors (Lipinski definition) is 0. The lowest BCUT2D eigenvalue weighted by Gasteiger charge is -2.26. The number of fused-ring (bicyclic) bond motifs is 1. The summed E-state index contributed by atoms with van der Waals surface area (Å²) in [7, 11) is -3.62. The van der Waals surface area contributed by atoms with Crippen molar-refractivity contribution >= 4 is 50.0 Å². The van der Waals surface area contributed by atoms with Crippen LogP contribution in [0.4, 0.5) is 0 Å². The van der Waals surface area contributed by atoms with E-state index in [9.17, 15) is 13.2 Å². The van der Waals surface area contributed by atoms with Gasteiger partial charge in [-0.3, -0.25) is 0 Å². The number of hydrogen-bond acceptors (Lipinski definition) is 7. The van der Waals surface area contributed by atoms with Crippen molar-refractivity contribution in [3.63, 3.8) is 0 Å². The number of nitrogens with zero attached hydrogens (tertiary/aromatic N) is 3. The number of aromatic nitrogens is 2. The van der Waals surface area contributed by atoms with Gasteiger partial charge >= 0.3 is 5.97 Å². The summed E-state index contributed by atoms with van der Waals surface area (Å²) < 4.78 is 40.5. The zero-order valence-electron chi connectivity index (χ0n) is 16.9. The van der Waals surface area contributed by atoms with E-state index in [0.29, 0.717) is 53.4 Å². The second-order valence-electron chi connectivity index (χ2n) is 7.03. The lowest BCUT2D eigenvalue weighted by Crippen LogP contribution is -2.40. The molecule has 0 atom stereocenters. The Kier molecular flexibility index (Phi) is 6.63. The zero-order chi connectivity index (χ0) is 22.0. The molecule has 1 aliphatic rings. The van der Waals surface area contributed by atoms with Crippen LogP contribution in [0.3, 0.4) is 0 Å². The summed E-state index contributed by atoms with van der Waals surface area (Å²) in [4.78, 5) is 17.5. The summed E-state index contributed by atoms with van der Waals surface area (Å²) in [5, 5.41) is 0. The predicted octanol–water partition coefficient (Wildman–Crippen LogP) is 3.54. The number of esters is 1. The maximum absolute atomic E-state index is 13.0. The number of imidazole rings is 1. The van der Waals surface area contributed by atoms with Gasteiger partial charge in [-0.1, -0.05) is 18.5 Å². The number of aryl methyl sites for hydroxylation is 1. The van der Waals surface area contributed by atoms with Crippen molar-refractivity contribution in [2.75, 3.05) is 26.3 Å². The normalized spacial score (nSPS) is 15.4. The molecule has 0 amide bonds. The van der Waals surface area contributed by atoms with Gasteiger partial charge in [0.25, 0.3) is 0 Å². The van der Waals surface area contributed by atoms with E-state index >= 15 is 0 Å². The second-order valence-corrected chi connectivity index (χ2v) is 10.7. The fourth-order valence-corrected chi connectivity index (χ4v) is 5.83. The highest BCUT2D eigenvalue weighted by atomic mass is 35.5. The number of rotatable bonds is 7. The monoisotopic (exact) mass is 483 g/mol. The number of ether oxygens (including phenoxy) is 2. The minimum Gasteiger partial charge on any atom is -0.453 e. The number of halogens is 1. The van der Waals surface area contributed by atoms with Gasteiger partial charge < -0.3 is 14.0 Å². The molecule has 0 bridgehead atoms. The zero-order valence-corrected chi connectivity index (χ0v) is 19.3. The number of carbonyl (C=O) groups is 1. The maximum Gasteiger partial charge on any atom is 0.348 e. The van der Waals surface area contributed by atoms with Gasteiger partial charge in [0.1, 0.15) is 17.3 Å². The Morgan fingerprint density at radius 1 is 1.26 bits per heavy atom. The number of morpholine rings is 1. The highest BCUT2D eigenvalue weighted by Crippen LogP contribution is 2.25.